The van der Waals surface area contributed by atoms with Crippen LogP contribution in [0.3, 0.4) is 0 Å². The molecule has 3 aromatic rings. The molecule has 5 rings (SSSR count). The van der Waals surface area contributed by atoms with Crippen LogP contribution >= 0.6 is 0 Å². The van der Waals surface area contributed by atoms with Crippen molar-refractivity contribution < 1.29 is 9.15 Å². The second-order valence-electron chi connectivity index (χ2n) is 8.09. The zero-order chi connectivity index (χ0) is 20.1. The SMILES string of the molecule is Cc1cc2c(c(=O)o1)C=C1CC[C@H](C(C)Cn3cnc4c(N)ncnc43)C[C@@H]1O2. The Kier molecular flexibility index (Phi) is 4.15. The molecule has 29 heavy (non-hydrogen) atoms. The van der Waals surface area contributed by atoms with Gasteiger partial charge in [0.1, 0.15) is 35.0 Å². The molecule has 4 heterocycles. The smallest absolute Gasteiger partial charge is 0.346 e. The molecule has 8 nitrogen and oxygen atoms in total. The lowest BCUT2D eigenvalue weighted by molar-refractivity contribution is 0.136. The highest BCUT2D eigenvalue weighted by molar-refractivity contribution is 5.81. The molecule has 1 aliphatic carbocycles. The molecular weight excluding hydrogens is 370 g/mol. The number of aryl methyl sites for hydroxylation is 1. The second-order valence-corrected chi connectivity index (χ2v) is 8.09. The van der Waals surface area contributed by atoms with Crippen LogP contribution in [0.2, 0.25) is 0 Å². The number of anilines is 1. The fourth-order valence-corrected chi connectivity index (χ4v) is 4.51. The summed E-state index contributed by atoms with van der Waals surface area (Å²) in [6.45, 7) is 4.83. The quantitative estimate of drug-likeness (QED) is 0.728. The highest BCUT2D eigenvalue weighted by Gasteiger charge is 2.34. The van der Waals surface area contributed by atoms with E-state index in [0.717, 1.165) is 31.5 Å². The summed E-state index contributed by atoms with van der Waals surface area (Å²) in [6.07, 6.45) is 8.16. The Morgan fingerprint density at radius 3 is 3.07 bits per heavy atom. The minimum atomic E-state index is -0.324. The monoisotopic (exact) mass is 393 g/mol. The largest absolute Gasteiger partial charge is 0.485 e. The molecule has 0 amide bonds. The maximum atomic E-state index is 12.1. The van der Waals surface area contributed by atoms with E-state index >= 15 is 0 Å². The molecular formula is C21H23N5O3. The summed E-state index contributed by atoms with van der Waals surface area (Å²) in [5.74, 6) is 2.52. The number of aromatic nitrogens is 4. The van der Waals surface area contributed by atoms with Crippen LogP contribution in [0.15, 0.2) is 33.5 Å². The third kappa shape index (κ3) is 3.08. The van der Waals surface area contributed by atoms with E-state index in [1.165, 1.54) is 11.9 Å². The molecule has 1 aliphatic heterocycles. The first-order chi connectivity index (χ1) is 14.0. The van der Waals surface area contributed by atoms with Gasteiger partial charge in [0.15, 0.2) is 11.5 Å². The zero-order valence-electron chi connectivity index (χ0n) is 16.5. The van der Waals surface area contributed by atoms with Gasteiger partial charge in [0.05, 0.1) is 6.33 Å². The molecule has 1 saturated carbocycles. The maximum absolute atomic E-state index is 12.1. The van der Waals surface area contributed by atoms with Gasteiger partial charge in [-0.3, -0.25) is 0 Å². The van der Waals surface area contributed by atoms with E-state index in [1.54, 1.807) is 19.3 Å². The summed E-state index contributed by atoms with van der Waals surface area (Å²) in [5.41, 5.74) is 8.71. The van der Waals surface area contributed by atoms with Crippen LogP contribution in [0, 0.1) is 18.8 Å². The minimum Gasteiger partial charge on any atom is -0.485 e. The number of imidazole rings is 1. The van der Waals surface area contributed by atoms with Crippen LogP contribution in [-0.2, 0) is 6.54 Å². The number of fused-ring (bicyclic) bond motifs is 3. The predicted octanol–water partition coefficient (Wildman–Crippen LogP) is 2.95. The number of hydrogen-bond acceptors (Lipinski definition) is 7. The van der Waals surface area contributed by atoms with Crippen molar-refractivity contribution in [2.24, 2.45) is 11.8 Å². The van der Waals surface area contributed by atoms with E-state index in [0.29, 0.717) is 40.2 Å². The van der Waals surface area contributed by atoms with Crippen LogP contribution in [0.5, 0.6) is 5.75 Å². The molecule has 1 fully saturated rings. The molecule has 0 bridgehead atoms. The van der Waals surface area contributed by atoms with E-state index in [9.17, 15) is 4.79 Å². The Labute approximate surface area is 167 Å². The van der Waals surface area contributed by atoms with E-state index in [4.69, 9.17) is 14.9 Å². The van der Waals surface area contributed by atoms with Crippen molar-refractivity contribution in [1.29, 1.82) is 0 Å². The molecule has 3 atom stereocenters. The van der Waals surface area contributed by atoms with Crippen molar-refractivity contribution in [2.45, 2.75) is 45.8 Å². The van der Waals surface area contributed by atoms with E-state index in [2.05, 4.69) is 26.4 Å². The normalized spacial score (nSPS) is 21.8. The van der Waals surface area contributed by atoms with Crippen LogP contribution in [0.4, 0.5) is 5.82 Å². The van der Waals surface area contributed by atoms with E-state index in [-0.39, 0.29) is 11.7 Å². The lowest BCUT2D eigenvalue weighted by Crippen LogP contribution is -2.34. The fourth-order valence-electron chi connectivity index (χ4n) is 4.51. The summed E-state index contributed by atoms with van der Waals surface area (Å²) in [4.78, 5) is 24.8. The third-order valence-corrected chi connectivity index (χ3v) is 6.13. The number of rotatable bonds is 3. The average molecular weight is 393 g/mol. The van der Waals surface area contributed by atoms with E-state index < -0.39 is 0 Å². The van der Waals surface area contributed by atoms with Crippen molar-refractivity contribution in [3.63, 3.8) is 0 Å². The van der Waals surface area contributed by atoms with Crippen molar-refractivity contribution >= 4 is 23.1 Å². The summed E-state index contributed by atoms with van der Waals surface area (Å²) in [6, 6.07) is 1.80. The van der Waals surface area contributed by atoms with Crippen molar-refractivity contribution in [1.82, 2.24) is 19.5 Å². The van der Waals surface area contributed by atoms with Gasteiger partial charge in [-0.25, -0.2) is 19.7 Å². The molecule has 2 aliphatic rings. The van der Waals surface area contributed by atoms with E-state index in [1.807, 2.05) is 6.08 Å². The molecule has 0 radical (unpaired) electrons. The molecule has 8 heteroatoms. The van der Waals surface area contributed by atoms with Gasteiger partial charge in [-0.1, -0.05) is 6.92 Å². The van der Waals surface area contributed by atoms with Gasteiger partial charge >= 0.3 is 5.63 Å². The number of ether oxygens (including phenoxy) is 1. The Morgan fingerprint density at radius 1 is 1.34 bits per heavy atom. The highest BCUT2D eigenvalue weighted by atomic mass is 16.5. The van der Waals surface area contributed by atoms with Crippen molar-refractivity contribution in [3.8, 4) is 5.75 Å². The molecule has 150 valence electrons. The predicted molar refractivity (Wildman–Crippen MR) is 108 cm³/mol. The Hall–Kier alpha value is -3.16. The molecule has 1 unspecified atom stereocenters. The van der Waals surface area contributed by atoms with Gasteiger partial charge in [-0.15, -0.1) is 0 Å². The molecule has 0 saturated heterocycles. The Bertz CT molecular complexity index is 1180. The lowest BCUT2D eigenvalue weighted by atomic mass is 9.76. The summed E-state index contributed by atoms with van der Waals surface area (Å²) in [7, 11) is 0. The van der Waals surface area contributed by atoms with Crippen molar-refractivity contribution in [2.75, 3.05) is 5.73 Å². The van der Waals surface area contributed by atoms with Crippen LogP contribution < -0.4 is 16.1 Å². The maximum Gasteiger partial charge on any atom is 0.346 e. The summed E-state index contributed by atoms with van der Waals surface area (Å²) < 4.78 is 13.5. The first kappa shape index (κ1) is 17.9. The molecule has 0 spiro atoms. The number of hydrogen-bond donors (Lipinski definition) is 1. The number of nitrogen functional groups attached to an aromatic ring is 1. The van der Waals surface area contributed by atoms with Gasteiger partial charge in [0.2, 0.25) is 0 Å². The molecule has 3 aromatic heterocycles. The topological polar surface area (TPSA) is 109 Å². The van der Waals surface area contributed by atoms with Gasteiger partial charge < -0.3 is 19.5 Å². The fraction of sp³-hybridized carbons (Fsp3) is 0.429. The number of nitrogens with zero attached hydrogens (tertiary/aromatic N) is 4. The first-order valence-electron chi connectivity index (χ1n) is 9.92. The lowest BCUT2D eigenvalue weighted by Gasteiger charge is -2.37. The zero-order valence-corrected chi connectivity index (χ0v) is 16.5. The number of nitrogens with two attached hydrogens (primary N) is 1. The van der Waals surface area contributed by atoms with Crippen LogP contribution in [0.1, 0.15) is 37.5 Å². The Morgan fingerprint density at radius 2 is 2.21 bits per heavy atom. The van der Waals surface area contributed by atoms with Crippen LogP contribution in [0.25, 0.3) is 17.2 Å². The van der Waals surface area contributed by atoms with Crippen molar-refractivity contribution in [3.05, 3.63) is 46.0 Å². The minimum absolute atomic E-state index is 0.0161. The average Bonchev–Trinajstić information content (AvgIpc) is 3.10. The van der Waals surface area contributed by atoms with Gasteiger partial charge in [-0.05, 0) is 49.7 Å². The summed E-state index contributed by atoms with van der Waals surface area (Å²) >= 11 is 0. The van der Waals surface area contributed by atoms with Gasteiger partial charge in [-0.2, -0.15) is 0 Å². The van der Waals surface area contributed by atoms with Crippen LogP contribution in [-0.4, -0.2) is 25.6 Å². The standard InChI is InChI=1S/C21H23N5O3/c1-11(8-26-10-25-18-19(22)23-9-24-20(18)26)13-3-4-14-6-15-17(29-16(14)7-13)5-12(2)28-21(15)27/h5-6,9-11,13,16H,3-4,7-8H2,1-2H3,(H2,22,23,24)/t11?,13-,16-/m0/s1. The molecule has 0 aromatic carbocycles. The Balaban J connectivity index is 1.34. The first-order valence-corrected chi connectivity index (χ1v) is 9.92. The van der Waals surface area contributed by atoms with Gasteiger partial charge in [0.25, 0.3) is 0 Å². The molecule has 2 N–H and O–H groups in total. The summed E-state index contributed by atoms with van der Waals surface area (Å²) in [5, 5.41) is 0. The second kappa shape index (κ2) is 6.72. The van der Waals surface area contributed by atoms with Gasteiger partial charge in [0, 0.05) is 12.6 Å². The third-order valence-electron chi connectivity index (χ3n) is 6.13. The highest BCUT2D eigenvalue weighted by Crippen LogP contribution is 2.40.